The number of carbonyl (C=O) groups excluding carboxylic acids is 1. The van der Waals surface area contributed by atoms with Crippen molar-refractivity contribution in [3.05, 3.63) is 23.8 Å². The van der Waals surface area contributed by atoms with Crippen LogP contribution < -0.4 is 0 Å². The Kier molecular flexibility index (Phi) is 4.97. The van der Waals surface area contributed by atoms with Gasteiger partial charge in [-0.05, 0) is 51.9 Å². The van der Waals surface area contributed by atoms with Gasteiger partial charge in [0.2, 0.25) is 5.91 Å². The van der Waals surface area contributed by atoms with Crippen LogP contribution in [0.15, 0.2) is 23.8 Å². The first kappa shape index (κ1) is 15.2. The average molecular weight is 280 g/mol. The molecule has 2 aliphatic rings. The van der Waals surface area contributed by atoms with Gasteiger partial charge in [-0.2, -0.15) is 0 Å². The van der Waals surface area contributed by atoms with Crippen LogP contribution >= 0.6 is 0 Å². The molecular formula is C16H25FN2O. The lowest BCUT2D eigenvalue weighted by Crippen LogP contribution is -2.43. The van der Waals surface area contributed by atoms with E-state index >= 15 is 0 Å². The first-order valence-corrected chi connectivity index (χ1v) is 7.47. The Hall–Kier alpha value is -1.16. The molecule has 2 rings (SSSR count). The number of hydrogen-bond donors (Lipinski definition) is 0. The van der Waals surface area contributed by atoms with E-state index in [1.807, 2.05) is 17.9 Å². The van der Waals surface area contributed by atoms with E-state index in [4.69, 9.17) is 0 Å². The van der Waals surface area contributed by atoms with Crippen LogP contribution in [-0.4, -0.2) is 55.6 Å². The molecule has 0 atom stereocenters. The van der Waals surface area contributed by atoms with E-state index in [0.29, 0.717) is 12.5 Å². The number of alkyl halides is 1. The number of piperidine rings is 1. The number of halogens is 1. The molecule has 0 aromatic carbocycles. The number of carbonyl (C=O) groups is 1. The highest BCUT2D eigenvalue weighted by Crippen LogP contribution is 2.41. The minimum atomic E-state index is -0.457. The predicted octanol–water partition coefficient (Wildman–Crippen LogP) is 2.40. The Morgan fingerprint density at radius 3 is 2.55 bits per heavy atom. The van der Waals surface area contributed by atoms with Gasteiger partial charge in [0.1, 0.15) is 6.67 Å². The molecule has 0 saturated carbocycles. The summed E-state index contributed by atoms with van der Waals surface area (Å²) in [7, 11) is 2.11. The van der Waals surface area contributed by atoms with E-state index in [-0.39, 0.29) is 5.41 Å². The number of nitrogens with zero attached hydrogens (tertiary/aromatic N) is 2. The van der Waals surface area contributed by atoms with Gasteiger partial charge in [-0.3, -0.25) is 4.79 Å². The molecule has 2 heterocycles. The molecule has 0 radical (unpaired) electrons. The molecule has 4 heteroatoms. The Bertz CT molecular complexity index is 409. The molecular weight excluding hydrogens is 255 g/mol. The van der Waals surface area contributed by atoms with Crippen LogP contribution in [-0.2, 0) is 4.79 Å². The second-order valence-electron chi connectivity index (χ2n) is 5.98. The van der Waals surface area contributed by atoms with E-state index in [1.54, 1.807) is 6.08 Å². The third-order valence-electron chi connectivity index (χ3n) is 4.71. The first-order valence-electron chi connectivity index (χ1n) is 7.47. The summed E-state index contributed by atoms with van der Waals surface area (Å²) >= 11 is 0. The molecule has 0 N–H and O–H groups in total. The molecule has 0 aromatic heterocycles. The lowest BCUT2D eigenvalue weighted by atomic mass is 9.77. The molecule has 2 aliphatic heterocycles. The summed E-state index contributed by atoms with van der Waals surface area (Å²) in [5.74, 6) is 0.304. The average Bonchev–Trinajstić information content (AvgIpc) is 2.76. The SMILES string of the molecule is C/C=C(\C=C/CF)CN1CCC2(CCN(C)CC2)C1=O. The Labute approximate surface area is 121 Å². The molecule has 2 saturated heterocycles. The smallest absolute Gasteiger partial charge is 0.229 e. The van der Waals surface area contributed by atoms with Crippen LogP contribution in [0.25, 0.3) is 0 Å². The fraction of sp³-hybridized carbons (Fsp3) is 0.688. The van der Waals surface area contributed by atoms with Gasteiger partial charge in [-0.15, -0.1) is 0 Å². The van der Waals surface area contributed by atoms with E-state index in [0.717, 1.165) is 44.5 Å². The second-order valence-corrected chi connectivity index (χ2v) is 5.98. The number of likely N-dealkylation sites (tertiary alicyclic amines) is 2. The van der Waals surface area contributed by atoms with Crippen LogP contribution in [0.2, 0.25) is 0 Å². The van der Waals surface area contributed by atoms with Gasteiger partial charge in [-0.25, -0.2) is 4.39 Å². The zero-order valence-electron chi connectivity index (χ0n) is 12.6. The highest BCUT2D eigenvalue weighted by molar-refractivity contribution is 5.85. The highest BCUT2D eigenvalue weighted by Gasteiger charge is 2.47. The first-order chi connectivity index (χ1) is 9.61. The highest BCUT2D eigenvalue weighted by atomic mass is 19.1. The zero-order chi connectivity index (χ0) is 14.6. The topological polar surface area (TPSA) is 23.6 Å². The molecule has 1 spiro atoms. The van der Waals surface area contributed by atoms with Crippen molar-refractivity contribution in [1.82, 2.24) is 9.80 Å². The number of rotatable bonds is 4. The maximum Gasteiger partial charge on any atom is 0.229 e. The molecule has 20 heavy (non-hydrogen) atoms. The summed E-state index contributed by atoms with van der Waals surface area (Å²) in [4.78, 5) is 16.9. The molecule has 0 unspecified atom stereocenters. The summed E-state index contributed by atoms with van der Waals surface area (Å²) in [6.07, 6.45) is 8.17. The van der Waals surface area contributed by atoms with E-state index in [9.17, 15) is 9.18 Å². The Balaban J connectivity index is 1.99. The standard InChI is InChI=1S/C16H25FN2O/c1-3-14(5-4-9-17)13-19-12-8-16(15(19)20)6-10-18(2)11-7-16/h3-5H,6-13H2,1-2H3/b5-4-,14-3+. The van der Waals surface area contributed by atoms with Crippen LogP contribution in [0.1, 0.15) is 26.2 Å². The summed E-state index contributed by atoms with van der Waals surface area (Å²) in [6.45, 7) is 4.95. The van der Waals surface area contributed by atoms with E-state index < -0.39 is 6.67 Å². The molecule has 0 aromatic rings. The Morgan fingerprint density at radius 2 is 1.95 bits per heavy atom. The normalized spacial score (nSPS) is 24.2. The molecule has 3 nitrogen and oxygen atoms in total. The summed E-state index contributed by atoms with van der Waals surface area (Å²) < 4.78 is 12.2. The Morgan fingerprint density at radius 1 is 1.30 bits per heavy atom. The van der Waals surface area contributed by atoms with Gasteiger partial charge in [0.25, 0.3) is 0 Å². The fourth-order valence-electron chi connectivity index (χ4n) is 3.21. The number of hydrogen-bond acceptors (Lipinski definition) is 2. The van der Waals surface area contributed by atoms with Crippen molar-refractivity contribution in [2.75, 3.05) is 39.9 Å². The van der Waals surface area contributed by atoms with Crippen molar-refractivity contribution in [3.8, 4) is 0 Å². The van der Waals surface area contributed by atoms with Gasteiger partial charge in [0, 0.05) is 13.1 Å². The zero-order valence-corrected chi connectivity index (χ0v) is 12.6. The minimum Gasteiger partial charge on any atom is -0.338 e. The quantitative estimate of drug-likeness (QED) is 0.738. The maximum atomic E-state index is 12.7. The maximum absolute atomic E-state index is 12.7. The van der Waals surface area contributed by atoms with Gasteiger partial charge in [0.15, 0.2) is 0 Å². The van der Waals surface area contributed by atoms with E-state index in [2.05, 4.69) is 11.9 Å². The largest absolute Gasteiger partial charge is 0.338 e. The summed E-state index contributed by atoms with van der Waals surface area (Å²) in [6, 6.07) is 0. The van der Waals surface area contributed by atoms with Crippen molar-refractivity contribution in [3.63, 3.8) is 0 Å². The van der Waals surface area contributed by atoms with Crippen LogP contribution in [0.4, 0.5) is 4.39 Å². The third-order valence-corrected chi connectivity index (χ3v) is 4.71. The molecule has 0 aliphatic carbocycles. The molecule has 2 fully saturated rings. The summed E-state index contributed by atoms with van der Waals surface area (Å²) in [5, 5.41) is 0. The van der Waals surface area contributed by atoms with Crippen molar-refractivity contribution < 1.29 is 9.18 Å². The fourth-order valence-corrected chi connectivity index (χ4v) is 3.21. The number of amides is 1. The molecule has 0 bridgehead atoms. The predicted molar refractivity (Wildman–Crippen MR) is 79.2 cm³/mol. The second kappa shape index (κ2) is 6.53. The summed E-state index contributed by atoms with van der Waals surface area (Å²) in [5.41, 5.74) is 0.899. The van der Waals surface area contributed by atoms with Crippen LogP contribution in [0.3, 0.4) is 0 Å². The van der Waals surface area contributed by atoms with Gasteiger partial charge in [0.05, 0.1) is 5.41 Å². The van der Waals surface area contributed by atoms with Crippen molar-refractivity contribution in [2.24, 2.45) is 5.41 Å². The van der Waals surface area contributed by atoms with Gasteiger partial charge in [-0.1, -0.05) is 18.2 Å². The molecule has 1 amide bonds. The van der Waals surface area contributed by atoms with Crippen molar-refractivity contribution in [2.45, 2.75) is 26.2 Å². The minimum absolute atomic E-state index is 0.116. The van der Waals surface area contributed by atoms with Gasteiger partial charge >= 0.3 is 0 Å². The van der Waals surface area contributed by atoms with Crippen LogP contribution in [0, 0.1) is 5.41 Å². The lowest BCUT2D eigenvalue weighted by molar-refractivity contribution is -0.137. The van der Waals surface area contributed by atoms with Gasteiger partial charge < -0.3 is 9.80 Å². The van der Waals surface area contributed by atoms with Crippen molar-refractivity contribution >= 4 is 5.91 Å². The third kappa shape index (κ3) is 3.11. The van der Waals surface area contributed by atoms with Crippen LogP contribution in [0.5, 0.6) is 0 Å². The van der Waals surface area contributed by atoms with Crippen molar-refractivity contribution in [1.29, 1.82) is 0 Å². The monoisotopic (exact) mass is 280 g/mol. The lowest BCUT2D eigenvalue weighted by Gasteiger charge is -2.36. The number of allylic oxidation sites excluding steroid dienone is 2. The van der Waals surface area contributed by atoms with E-state index in [1.165, 1.54) is 6.08 Å². The molecule has 112 valence electrons.